The molecule has 43 heavy (non-hydrogen) atoms. The molecule has 1 amide bonds. The zero-order valence-electron chi connectivity index (χ0n) is 23.1. The van der Waals surface area contributed by atoms with E-state index in [-0.39, 0.29) is 37.7 Å². The second-order valence-electron chi connectivity index (χ2n) is 9.44. The van der Waals surface area contributed by atoms with E-state index < -0.39 is 24.2 Å². The van der Waals surface area contributed by atoms with Crippen LogP contribution in [0.5, 0.6) is 5.75 Å². The smallest absolute Gasteiger partial charge is 0.266 e. The molecule has 0 aromatic heterocycles. The van der Waals surface area contributed by atoms with E-state index in [9.17, 15) is 14.7 Å². The molecule has 2 atom stereocenters. The molecule has 4 rings (SSSR count). The van der Waals surface area contributed by atoms with Crippen LogP contribution in [-0.2, 0) is 22.5 Å². The minimum absolute atomic E-state index is 0.00557. The van der Waals surface area contributed by atoms with E-state index >= 15 is 0 Å². The number of azide groups is 2. The van der Waals surface area contributed by atoms with Gasteiger partial charge in [0.1, 0.15) is 12.4 Å². The SMILES string of the molecule is [N-]=[N+]=NCc1ccccc1C[C@]1(C(=O)NNCCF)N=C(c2ccc(OCCCO)cc2)O[C@H]1c1ccccc1N=[N+]=[N-]. The predicted molar refractivity (Wildman–Crippen MR) is 157 cm³/mol. The maximum atomic E-state index is 14.1. The second kappa shape index (κ2) is 15.2. The molecule has 3 N–H and O–H groups in total. The molecular formula is C29H30FN9O4. The summed E-state index contributed by atoms with van der Waals surface area (Å²) in [6, 6.07) is 20.8. The number of alkyl halides is 1. The van der Waals surface area contributed by atoms with Crippen LogP contribution in [0.2, 0.25) is 0 Å². The van der Waals surface area contributed by atoms with E-state index in [0.29, 0.717) is 41.0 Å². The highest BCUT2D eigenvalue weighted by molar-refractivity contribution is 6.01. The van der Waals surface area contributed by atoms with Crippen LogP contribution in [0.25, 0.3) is 20.9 Å². The molecule has 0 aliphatic carbocycles. The van der Waals surface area contributed by atoms with Crippen molar-refractivity contribution in [3.8, 4) is 5.75 Å². The maximum Gasteiger partial charge on any atom is 0.266 e. The average molecular weight is 588 g/mol. The number of aliphatic hydroxyl groups is 1. The summed E-state index contributed by atoms with van der Waals surface area (Å²) in [4.78, 5) is 24.8. The van der Waals surface area contributed by atoms with Gasteiger partial charge in [0, 0.05) is 52.6 Å². The molecule has 0 radical (unpaired) electrons. The number of carbonyl (C=O) groups excluding carboxylic acids is 1. The number of ether oxygens (including phenoxy) is 2. The van der Waals surface area contributed by atoms with Gasteiger partial charge in [-0.25, -0.2) is 14.8 Å². The molecule has 1 heterocycles. The highest BCUT2D eigenvalue weighted by Crippen LogP contribution is 2.45. The van der Waals surface area contributed by atoms with Crippen molar-refractivity contribution in [3.63, 3.8) is 0 Å². The average Bonchev–Trinajstić information content (AvgIpc) is 3.42. The fourth-order valence-electron chi connectivity index (χ4n) is 4.69. The van der Waals surface area contributed by atoms with Crippen molar-refractivity contribution in [2.45, 2.75) is 31.0 Å². The fourth-order valence-corrected chi connectivity index (χ4v) is 4.69. The van der Waals surface area contributed by atoms with Crippen LogP contribution in [0, 0.1) is 0 Å². The molecule has 3 aromatic rings. The molecule has 1 aliphatic heterocycles. The fraction of sp³-hybridized carbons (Fsp3) is 0.310. The second-order valence-corrected chi connectivity index (χ2v) is 9.44. The van der Waals surface area contributed by atoms with E-state index in [1.165, 1.54) is 0 Å². The lowest BCUT2D eigenvalue weighted by Crippen LogP contribution is -2.54. The number of halogens is 1. The van der Waals surface area contributed by atoms with Crippen LogP contribution in [0.15, 0.2) is 88.0 Å². The largest absolute Gasteiger partial charge is 0.494 e. The zero-order chi connectivity index (χ0) is 30.5. The van der Waals surface area contributed by atoms with Gasteiger partial charge in [-0.2, -0.15) is 0 Å². The minimum atomic E-state index is -1.68. The normalized spacial score (nSPS) is 17.2. The first-order valence-corrected chi connectivity index (χ1v) is 13.5. The first-order valence-electron chi connectivity index (χ1n) is 13.5. The Kier molecular flexibility index (Phi) is 10.9. The Hall–Kier alpha value is -5.13. The number of hydrogen-bond donors (Lipinski definition) is 3. The first-order chi connectivity index (χ1) is 21.1. The van der Waals surface area contributed by atoms with Crippen molar-refractivity contribution >= 4 is 17.5 Å². The van der Waals surface area contributed by atoms with Gasteiger partial charge in [-0.15, -0.1) is 0 Å². The van der Waals surface area contributed by atoms with Crippen LogP contribution in [0.4, 0.5) is 10.1 Å². The Balaban J connectivity index is 1.86. The number of benzene rings is 3. The highest BCUT2D eigenvalue weighted by Gasteiger charge is 2.54. The first kappa shape index (κ1) is 30.8. The monoisotopic (exact) mass is 587 g/mol. The third-order valence-corrected chi connectivity index (χ3v) is 6.71. The molecule has 0 spiro atoms. The van der Waals surface area contributed by atoms with Crippen molar-refractivity contribution in [3.05, 3.63) is 116 Å². The Bertz CT molecular complexity index is 1540. The van der Waals surface area contributed by atoms with Gasteiger partial charge in [0.15, 0.2) is 11.6 Å². The lowest BCUT2D eigenvalue weighted by molar-refractivity contribution is -0.130. The number of aliphatic hydroxyl groups excluding tert-OH is 1. The standard InChI is InChI=1S/C29H30FN9O4/c30-14-15-33-37-28(41)29(18-21-6-1-2-7-22(21)19-34-38-31)26(24-8-3-4-9-25(24)36-39-32)43-27(35-29)20-10-12-23(13-11-20)42-17-5-16-40/h1-4,6-13,26,33,40H,5,14-19H2,(H,37,41)/t26-,29-/m0/s1. The summed E-state index contributed by atoms with van der Waals surface area (Å²) >= 11 is 0. The molecule has 222 valence electrons. The van der Waals surface area contributed by atoms with Crippen LogP contribution in [0.1, 0.15) is 34.8 Å². The molecule has 0 fully saturated rings. The molecule has 0 bridgehead atoms. The number of nitrogens with one attached hydrogen (secondary N) is 2. The van der Waals surface area contributed by atoms with Crippen molar-refractivity contribution in [1.29, 1.82) is 0 Å². The number of aliphatic imine (C=N–C) groups is 1. The molecule has 0 saturated heterocycles. The Morgan fingerprint density at radius 3 is 2.53 bits per heavy atom. The minimum Gasteiger partial charge on any atom is -0.494 e. The quantitative estimate of drug-likeness (QED) is 0.0714. The van der Waals surface area contributed by atoms with E-state index in [2.05, 4.69) is 30.9 Å². The summed E-state index contributed by atoms with van der Waals surface area (Å²) in [6.07, 6.45) is -0.600. The number of hydrogen-bond acceptors (Lipinski definition) is 8. The summed E-state index contributed by atoms with van der Waals surface area (Å²) in [5.74, 6) is 0.113. The molecule has 13 nitrogen and oxygen atoms in total. The Morgan fingerprint density at radius 2 is 1.81 bits per heavy atom. The van der Waals surface area contributed by atoms with Crippen LogP contribution in [0.3, 0.4) is 0 Å². The van der Waals surface area contributed by atoms with Crippen molar-refractivity contribution in [2.75, 3.05) is 26.4 Å². The lowest BCUT2D eigenvalue weighted by Gasteiger charge is -2.32. The maximum absolute atomic E-state index is 14.1. The zero-order valence-corrected chi connectivity index (χ0v) is 23.1. The van der Waals surface area contributed by atoms with Crippen molar-refractivity contribution in [2.24, 2.45) is 15.2 Å². The molecule has 14 heteroatoms. The number of nitrogens with zero attached hydrogens (tertiary/aromatic N) is 7. The number of hydrazine groups is 1. The van der Waals surface area contributed by atoms with Crippen molar-refractivity contribution < 1.29 is 23.8 Å². The predicted octanol–water partition coefficient (Wildman–Crippen LogP) is 5.29. The molecule has 0 unspecified atom stereocenters. The third-order valence-electron chi connectivity index (χ3n) is 6.71. The lowest BCUT2D eigenvalue weighted by atomic mass is 9.80. The Labute approximate surface area is 246 Å². The van der Waals surface area contributed by atoms with Gasteiger partial charge in [0.25, 0.3) is 5.91 Å². The number of carbonyl (C=O) groups is 1. The molecule has 3 aromatic carbocycles. The van der Waals surface area contributed by atoms with E-state index in [1.807, 2.05) is 0 Å². The van der Waals surface area contributed by atoms with E-state index in [0.717, 1.165) is 0 Å². The van der Waals surface area contributed by atoms with Gasteiger partial charge in [-0.05, 0) is 46.5 Å². The molecule has 1 aliphatic rings. The van der Waals surface area contributed by atoms with Gasteiger partial charge in [-0.3, -0.25) is 10.2 Å². The topological polar surface area (TPSA) is 190 Å². The van der Waals surface area contributed by atoms with Gasteiger partial charge in [0.05, 0.1) is 13.2 Å². The summed E-state index contributed by atoms with van der Waals surface area (Å²) in [6.45, 7) is -0.457. The van der Waals surface area contributed by atoms with Gasteiger partial charge in [0.2, 0.25) is 5.90 Å². The van der Waals surface area contributed by atoms with Crippen molar-refractivity contribution in [1.82, 2.24) is 10.9 Å². The van der Waals surface area contributed by atoms with Crippen LogP contribution in [-0.4, -0.2) is 48.9 Å². The molecule has 0 saturated carbocycles. The Morgan fingerprint density at radius 1 is 1.07 bits per heavy atom. The summed E-state index contributed by atoms with van der Waals surface area (Å²) < 4.78 is 25.0. The number of rotatable bonds is 15. The van der Waals surface area contributed by atoms with Crippen LogP contribution >= 0.6 is 0 Å². The summed E-state index contributed by atoms with van der Waals surface area (Å²) in [5, 5.41) is 16.5. The van der Waals surface area contributed by atoms with E-state index in [1.54, 1.807) is 72.8 Å². The third kappa shape index (κ3) is 7.39. The summed E-state index contributed by atoms with van der Waals surface area (Å²) in [5.41, 5.74) is 24.2. The molecular weight excluding hydrogens is 557 g/mol. The van der Waals surface area contributed by atoms with Gasteiger partial charge in [-0.1, -0.05) is 58.8 Å². The number of amides is 1. The van der Waals surface area contributed by atoms with E-state index in [4.69, 9.17) is 25.1 Å². The van der Waals surface area contributed by atoms with Gasteiger partial charge < -0.3 is 14.6 Å². The van der Waals surface area contributed by atoms with Gasteiger partial charge >= 0.3 is 0 Å². The summed E-state index contributed by atoms with van der Waals surface area (Å²) in [7, 11) is 0. The highest BCUT2D eigenvalue weighted by atomic mass is 19.1. The van der Waals surface area contributed by atoms with Crippen LogP contribution < -0.4 is 15.6 Å².